The number of nitrogens with one attached hydrogen (secondary N) is 1. The fraction of sp³-hybridized carbons (Fsp3) is 0.636. The van der Waals surface area contributed by atoms with Crippen LogP contribution in [0.3, 0.4) is 0 Å². The highest BCUT2D eigenvalue weighted by atomic mass is 32.1. The number of rotatable bonds is 3. The van der Waals surface area contributed by atoms with Crippen LogP contribution in [0.1, 0.15) is 24.3 Å². The summed E-state index contributed by atoms with van der Waals surface area (Å²) in [6, 6.07) is -0.485. The zero-order valence-electron chi connectivity index (χ0n) is 11.2. The van der Waals surface area contributed by atoms with Gasteiger partial charge in [-0.15, -0.1) is 10.2 Å². The van der Waals surface area contributed by atoms with Crippen LogP contribution in [-0.2, 0) is 16.1 Å². The van der Waals surface area contributed by atoms with Gasteiger partial charge in [0.05, 0.1) is 13.7 Å². The Hall–Kier alpha value is -1.90. The van der Waals surface area contributed by atoms with Crippen molar-refractivity contribution in [2.24, 2.45) is 0 Å². The monoisotopic (exact) mass is 299 g/mol. The smallest absolute Gasteiger partial charge is 0.410 e. The Morgan fingerprint density at radius 3 is 2.95 bits per heavy atom. The molecule has 1 atom stereocenters. The number of carbonyl (C=O) groups excluding carboxylic acids is 2. The molecule has 2 heterocycles. The molecule has 0 bridgehead atoms. The van der Waals surface area contributed by atoms with E-state index in [2.05, 4.69) is 15.5 Å². The molecule has 0 saturated carbocycles. The van der Waals surface area contributed by atoms with Crippen LogP contribution in [0.5, 0.6) is 0 Å². The Morgan fingerprint density at radius 1 is 1.50 bits per heavy atom. The quantitative estimate of drug-likeness (QED) is 0.833. The number of amides is 2. The number of nitrogen functional groups attached to an aromatic ring is 1. The highest BCUT2D eigenvalue weighted by molar-refractivity contribution is 7.15. The van der Waals surface area contributed by atoms with Crippen LogP contribution in [0.25, 0.3) is 0 Å². The molecule has 3 N–H and O–H groups in total. The Morgan fingerprint density at radius 2 is 2.30 bits per heavy atom. The van der Waals surface area contributed by atoms with E-state index in [1.807, 2.05) is 0 Å². The standard InChI is InChI=1S/C11H17N5O3S/c1-19-11(18)16-5-3-2-4-7(16)9(17)13-6-8-14-15-10(12)20-8/h7H,2-6H2,1H3,(H2,12,15)(H,13,17). The number of aromatic nitrogens is 2. The minimum absolute atomic E-state index is 0.205. The normalized spacial score (nSPS) is 18.6. The van der Waals surface area contributed by atoms with Crippen LogP contribution in [0.4, 0.5) is 9.93 Å². The third-order valence-corrected chi connectivity index (χ3v) is 3.86. The predicted octanol–water partition coefficient (Wildman–Crippen LogP) is 0.357. The fourth-order valence-corrected chi connectivity index (χ4v) is 2.71. The second kappa shape index (κ2) is 6.51. The first kappa shape index (κ1) is 14.5. The number of nitrogens with two attached hydrogens (primary N) is 1. The summed E-state index contributed by atoms with van der Waals surface area (Å²) >= 11 is 1.22. The molecule has 2 rings (SSSR count). The maximum atomic E-state index is 12.2. The number of hydrogen-bond donors (Lipinski definition) is 2. The molecule has 1 aromatic rings. The fourth-order valence-electron chi connectivity index (χ4n) is 2.16. The number of ether oxygens (including phenoxy) is 1. The summed E-state index contributed by atoms with van der Waals surface area (Å²) in [5.74, 6) is -0.205. The molecule has 2 amide bonds. The molecular weight excluding hydrogens is 282 g/mol. The molecule has 0 aromatic carbocycles. The van der Waals surface area contributed by atoms with Gasteiger partial charge in [0.2, 0.25) is 11.0 Å². The molecule has 1 unspecified atom stereocenters. The van der Waals surface area contributed by atoms with Gasteiger partial charge >= 0.3 is 6.09 Å². The third-order valence-electron chi connectivity index (χ3n) is 3.11. The number of likely N-dealkylation sites (tertiary alicyclic amines) is 1. The third kappa shape index (κ3) is 3.35. The first-order valence-corrected chi connectivity index (χ1v) is 7.13. The zero-order valence-corrected chi connectivity index (χ0v) is 12.0. The van der Waals surface area contributed by atoms with Crippen molar-refractivity contribution in [3.05, 3.63) is 5.01 Å². The SMILES string of the molecule is COC(=O)N1CCCCC1C(=O)NCc1nnc(N)s1. The van der Waals surface area contributed by atoms with Gasteiger partial charge in [-0.3, -0.25) is 9.69 Å². The van der Waals surface area contributed by atoms with E-state index >= 15 is 0 Å². The summed E-state index contributed by atoms with van der Waals surface area (Å²) in [5, 5.41) is 11.3. The lowest BCUT2D eigenvalue weighted by Crippen LogP contribution is -2.51. The van der Waals surface area contributed by atoms with Crippen LogP contribution < -0.4 is 11.1 Å². The molecule has 8 nitrogen and oxygen atoms in total. The minimum Gasteiger partial charge on any atom is -0.453 e. The average molecular weight is 299 g/mol. The Kier molecular flexibility index (Phi) is 4.72. The number of nitrogens with zero attached hydrogens (tertiary/aromatic N) is 3. The van der Waals surface area contributed by atoms with Gasteiger partial charge in [0.15, 0.2) is 0 Å². The summed E-state index contributed by atoms with van der Waals surface area (Å²) < 4.78 is 4.71. The van der Waals surface area contributed by atoms with Gasteiger partial charge < -0.3 is 15.8 Å². The highest BCUT2D eigenvalue weighted by Gasteiger charge is 2.32. The van der Waals surface area contributed by atoms with Crippen molar-refractivity contribution in [2.45, 2.75) is 31.8 Å². The summed E-state index contributed by atoms with van der Waals surface area (Å²) in [6.45, 7) is 0.801. The largest absolute Gasteiger partial charge is 0.453 e. The van der Waals surface area contributed by atoms with Gasteiger partial charge in [-0.25, -0.2) is 4.79 Å². The van der Waals surface area contributed by atoms with Crippen LogP contribution in [0.2, 0.25) is 0 Å². The summed E-state index contributed by atoms with van der Waals surface area (Å²) in [6.07, 6.45) is 1.97. The first-order chi connectivity index (χ1) is 9.61. The maximum Gasteiger partial charge on any atom is 0.410 e. The lowest BCUT2D eigenvalue weighted by atomic mass is 10.0. The topological polar surface area (TPSA) is 110 Å². The van der Waals surface area contributed by atoms with Gasteiger partial charge in [-0.05, 0) is 19.3 Å². The molecule has 1 fully saturated rings. The number of hydrogen-bond acceptors (Lipinski definition) is 7. The van der Waals surface area contributed by atoms with Crippen molar-refractivity contribution in [3.63, 3.8) is 0 Å². The number of anilines is 1. The lowest BCUT2D eigenvalue weighted by molar-refractivity contribution is -0.127. The van der Waals surface area contributed by atoms with Gasteiger partial charge in [0.1, 0.15) is 11.0 Å². The van der Waals surface area contributed by atoms with Gasteiger partial charge in [-0.2, -0.15) is 0 Å². The Labute approximate surface area is 120 Å². The van der Waals surface area contributed by atoms with Gasteiger partial charge in [-0.1, -0.05) is 11.3 Å². The molecule has 110 valence electrons. The van der Waals surface area contributed by atoms with E-state index in [1.54, 1.807) is 0 Å². The Bertz CT molecular complexity index is 492. The van der Waals surface area contributed by atoms with E-state index in [1.165, 1.54) is 23.3 Å². The van der Waals surface area contributed by atoms with Crippen LogP contribution in [-0.4, -0.2) is 46.8 Å². The summed E-state index contributed by atoms with van der Waals surface area (Å²) in [4.78, 5) is 25.3. The second-order valence-electron chi connectivity index (χ2n) is 4.43. The predicted molar refractivity (Wildman–Crippen MR) is 72.9 cm³/mol. The molecule has 9 heteroatoms. The first-order valence-electron chi connectivity index (χ1n) is 6.32. The van der Waals surface area contributed by atoms with E-state index in [-0.39, 0.29) is 12.5 Å². The number of methoxy groups -OCH3 is 1. The molecule has 0 aliphatic carbocycles. The average Bonchev–Trinajstić information content (AvgIpc) is 2.89. The summed E-state index contributed by atoms with van der Waals surface area (Å²) in [5.41, 5.74) is 5.47. The van der Waals surface area contributed by atoms with Crippen LogP contribution >= 0.6 is 11.3 Å². The van der Waals surface area contributed by atoms with Crippen molar-refractivity contribution < 1.29 is 14.3 Å². The molecule has 1 aromatic heterocycles. The zero-order chi connectivity index (χ0) is 14.5. The van der Waals surface area contributed by atoms with Crippen molar-refractivity contribution in [2.75, 3.05) is 19.4 Å². The second-order valence-corrected chi connectivity index (χ2v) is 5.52. The lowest BCUT2D eigenvalue weighted by Gasteiger charge is -2.33. The molecule has 1 saturated heterocycles. The van der Waals surface area contributed by atoms with E-state index in [0.29, 0.717) is 23.1 Å². The maximum absolute atomic E-state index is 12.2. The van der Waals surface area contributed by atoms with Gasteiger partial charge in [0.25, 0.3) is 0 Å². The molecule has 1 aliphatic rings. The van der Waals surface area contributed by atoms with E-state index < -0.39 is 12.1 Å². The Balaban J connectivity index is 1.93. The number of carbonyl (C=O) groups is 2. The molecule has 0 spiro atoms. The van der Waals surface area contributed by atoms with Crippen molar-refractivity contribution in [3.8, 4) is 0 Å². The molecule has 20 heavy (non-hydrogen) atoms. The van der Waals surface area contributed by atoms with Gasteiger partial charge in [0, 0.05) is 6.54 Å². The van der Waals surface area contributed by atoms with Crippen LogP contribution in [0.15, 0.2) is 0 Å². The van der Waals surface area contributed by atoms with E-state index in [0.717, 1.165) is 12.8 Å². The molecular formula is C11H17N5O3S. The van der Waals surface area contributed by atoms with E-state index in [9.17, 15) is 9.59 Å². The molecule has 1 aliphatic heterocycles. The summed E-state index contributed by atoms with van der Waals surface area (Å²) in [7, 11) is 1.32. The van der Waals surface area contributed by atoms with Crippen molar-refractivity contribution >= 4 is 28.5 Å². The minimum atomic E-state index is -0.485. The molecule has 0 radical (unpaired) electrons. The van der Waals surface area contributed by atoms with E-state index in [4.69, 9.17) is 10.5 Å². The van der Waals surface area contributed by atoms with Crippen LogP contribution in [0, 0.1) is 0 Å². The highest BCUT2D eigenvalue weighted by Crippen LogP contribution is 2.18. The van der Waals surface area contributed by atoms with Crippen molar-refractivity contribution in [1.82, 2.24) is 20.4 Å². The number of piperidine rings is 1. The van der Waals surface area contributed by atoms with Crippen molar-refractivity contribution in [1.29, 1.82) is 0 Å².